The molecule has 6 nitrogen and oxygen atoms in total. The van der Waals surface area contributed by atoms with Gasteiger partial charge < -0.3 is 19.7 Å². The first-order valence-electron chi connectivity index (χ1n) is 6.30. The molecule has 0 radical (unpaired) electrons. The number of aliphatic hydroxyl groups excluding tert-OH is 1. The van der Waals surface area contributed by atoms with Crippen molar-refractivity contribution in [1.29, 1.82) is 0 Å². The molecule has 1 fully saturated rings. The number of rotatable bonds is 3. The zero-order valence-electron chi connectivity index (χ0n) is 11.0. The van der Waals surface area contributed by atoms with Gasteiger partial charge in [0, 0.05) is 25.2 Å². The fourth-order valence-electron chi connectivity index (χ4n) is 2.44. The van der Waals surface area contributed by atoms with Gasteiger partial charge in [-0.05, 0) is 26.0 Å². The van der Waals surface area contributed by atoms with Crippen molar-refractivity contribution >= 4 is 11.9 Å². The molecule has 2 rings (SSSR count). The molecule has 1 aromatic rings. The van der Waals surface area contributed by atoms with Gasteiger partial charge in [-0.1, -0.05) is 0 Å². The predicted octanol–water partition coefficient (Wildman–Crippen LogP) is 0.729. The van der Waals surface area contributed by atoms with Gasteiger partial charge in [-0.15, -0.1) is 0 Å². The van der Waals surface area contributed by atoms with E-state index in [2.05, 4.69) is 0 Å². The van der Waals surface area contributed by atoms with Crippen LogP contribution < -0.4 is 0 Å². The van der Waals surface area contributed by atoms with Crippen LogP contribution in [-0.4, -0.2) is 50.2 Å². The van der Waals surface area contributed by atoms with Crippen molar-refractivity contribution in [2.45, 2.75) is 38.5 Å². The number of aliphatic carboxylic acids is 1. The lowest BCUT2D eigenvalue weighted by molar-refractivity contribution is -0.141. The Balaban J connectivity index is 2.28. The van der Waals surface area contributed by atoms with Gasteiger partial charge in [0.05, 0.1) is 6.10 Å². The Morgan fingerprint density at radius 3 is 2.68 bits per heavy atom. The van der Waals surface area contributed by atoms with E-state index in [9.17, 15) is 14.7 Å². The van der Waals surface area contributed by atoms with Gasteiger partial charge in [-0.3, -0.25) is 4.79 Å². The molecule has 1 aliphatic rings. The van der Waals surface area contributed by atoms with Crippen LogP contribution in [0.2, 0.25) is 0 Å². The van der Waals surface area contributed by atoms with Crippen LogP contribution in [0.1, 0.15) is 36.8 Å². The number of carboxylic acid groups (broad SMARTS) is 1. The van der Waals surface area contributed by atoms with Gasteiger partial charge in [-0.25, -0.2) is 4.79 Å². The highest BCUT2D eigenvalue weighted by Crippen LogP contribution is 2.22. The minimum Gasteiger partial charge on any atom is -0.480 e. The van der Waals surface area contributed by atoms with E-state index in [4.69, 9.17) is 5.11 Å². The number of hydrogen-bond acceptors (Lipinski definition) is 3. The maximum absolute atomic E-state index is 12.4. The molecule has 19 heavy (non-hydrogen) atoms. The number of nitrogens with zero attached hydrogens (tertiary/aromatic N) is 2. The summed E-state index contributed by atoms with van der Waals surface area (Å²) in [5.41, 5.74) is 0.454. The number of carboxylic acids is 1. The quantitative estimate of drug-likeness (QED) is 0.845. The Hall–Kier alpha value is -1.82. The molecule has 1 aromatic heterocycles. The average Bonchev–Trinajstić information content (AvgIpc) is 2.93. The summed E-state index contributed by atoms with van der Waals surface area (Å²) in [4.78, 5) is 24.8. The molecule has 0 saturated carbocycles. The Bertz CT molecular complexity index is 495. The number of carbonyl (C=O) groups excluding carboxylic acids is 1. The van der Waals surface area contributed by atoms with Gasteiger partial charge in [0.1, 0.15) is 11.7 Å². The summed E-state index contributed by atoms with van der Waals surface area (Å²) in [6.07, 6.45) is 1.11. The second kappa shape index (κ2) is 5.05. The van der Waals surface area contributed by atoms with Crippen LogP contribution in [-0.2, 0) is 4.79 Å². The minimum absolute atomic E-state index is 0.0685. The molecule has 1 aliphatic heterocycles. The molecule has 0 spiro atoms. The first-order valence-corrected chi connectivity index (χ1v) is 6.30. The molecule has 104 valence electrons. The summed E-state index contributed by atoms with van der Waals surface area (Å²) in [5, 5.41) is 18.7. The lowest BCUT2D eigenvalue weighted by Crippen LogP contribution is -2.41. The number of β-amino-alcohol motifs (C(OH)–C–C–N with tert-alkyl or cyclic N) is 1. The van der Waals surface area contributed by atoms with E-state index in [0.717, 1.165) is 0 Å². The largest absolute Gasteiger partial charge is 0.480 e. The fraction of sp³-hybridized carbons (Fsp3) is 0.538. The molecular weight excluding hydrogens is 248 g/mol. The molecule has 0 aromatic carbocycles. The number of aliphatic hydroxyl groups is 1. The highest BCUT2D eigenvalue weighted by Gasteiger charge is 2.39. The van der Waals surface area contributed by atoms with Crippen LogP contribution >= 0.6 is 0 Å². The van der Waals surface area contributed by atoms with Crippen molar-refractivity contribution in [3.8, 4) is 0 Å². The van der Waals surface area contributed by atoms with Gasteiger partial charge in [0.2, 0.25) is 0 Å². The van der Waals surface area contributed by atoms with Gasteiger partial charge >= 0.3 is 5.97 Å². The van der Waals surface area contributed by atoms with E-state index >= 15 is 0 Å². The maximum Gasteiger partial charge on any atom is 0.326 e. The molecule has 1 saturated heterocycles. The van der Waals surface area contributed by atoms with E-state index in [1.165, 1.54) is 4.90 Å². The third-order valence-corrected chi connectivity index (χ3v) is 3.38. The van der Waals surface area contributed by atoms with Gasteiger partial charge in [0.25, 0.3) is 5.91 Å². The van der Waals surface area contributed by atoms with Crippen molar-refractivity contribution in [2.75, 3.05) is 6.54 Å². The van der Waals surface area contributed by atoms with Crippen LogP contribution in [0.5, 0.6) is 0 Å². The monoisotopic (exact) mass is 266 g/mol. The Morgan fingerprint density at radius 1 is 1.42 bits per heavy atom. The van der Waals surface area contributed by atoms with E-state index in [0.29, 0.717) is 5.69 Å². The molecule has 2 heterocycles. The van der Waals surface area contributed by atoms with Crippen LogP contribution in [0.15, 0.2) is 18.3 Å². The molecule has 0 unspecified atom stereocenters. The second-order valence-electron chi connectivity index (χ2n) is 5.10. The van der Waals surface area contributed by atoms with Gasteiger partial charge in [0.15, 0.2) is 0 Å². The average molecular weight is 266 g/mol. The van der Waals surface area contributed by atoms with Crippen molar-refractivity contribution in [3.05, 3.63) is 24.0 Å². The maximum atomic E-state index is 12.4. The third kappa shape index (κ3) is 2.49. The van der Waals surface area contributed by atoms with E-state index in [1.54, 1.807) is 22.9 Å². The summed E-state index contributed by atoms with van der Waals surface area (Å²) >= 11 is 0. The molecule has 1 amide bonds. The molecular formula is C13H18N2O4. The van der Waals surface area contributed by atoms with Crippen LogP contribution in [0, 0.1) is 0 Å². The summed E-state index contributed by atoms with van der Waals surface area (Å²) < 4.78 is 1.80. The van der Waals surface area contributed by atoms with Crippen LogP contribution in [0.25, 0.3) is 0 Å². The van der Waals surface area contributed by atoms with E-state index in [-0.39, 0.29) is 24.9 Å². The highest BCUT2D eigenvalue weighted by molar-refractivity contribution is 5.95. The first-order chi connectivity index (χ1) is 8.91. The zero-order valence-corrected chi connectivity index (χ0v) is 11.0. The topological polar surface area (TPSA) is 82.8 Å². The molecule has 2 N–H and O–H groups in total. The Labute approximate surface area is 111 Å². The van der Waals surface area contributed by atoms with Crippen LogP contribution in [0.3, 0.4) is 0 Å². The summed E-state index contributed by atoms with van der Waals surface area (Å²) in [6, 6.07) is 2.60. The second-order valence-corrected chi connectivity index (χ2v) is 5.10. The van der Waals surface area contributed by atoms with Crippen molar-refractivity contribution in [3.63, 3.8) is 0 Å². The van der Waals surface area contributed by atoms with Crippen molar-refractivity contribution in [1.82, 2.24) is 9.47 Å². The number of carbonyl (C=O) groups is 2. The smallest absolute Gasteiger partial charge is 0.326 e. The molecule has 0 aliphatic carbocycles. The normalized spacial score (nSPS) is 23.1. The highest BCUT2D eigenvalue weighted by atomic mass is 16.4. The van der Waals surface area contributed by atoms with E-state index < -0.39 is 18.1 Å². The molecule has 6 heteroatoms. The zero-order chi connectivity index (χ0) is 14.2. The summed E-state index contributed by atoms with van der Waals surface area (Å²) in [7, 11) is 0. The number of hydrogen-bond donors (Lipinski definition) is 2. The van der Waals surface area contributed by atoms with Crippen molar-refractivity contribution in [2.24, 2.45) is 0 Å². The SMILES string of the molecule is CC(C)n1cccc1C(=O)N1C[C@H](O)C[C@@H]1C(=O)O. The van der Waals surface area contributed by atoms with Crippen molar-refractivity contribution < 1.29 is 19.8 Å². The summed E-state index contributed by atoms with van der Waals surface area (Å²) in [5.74, 6) is -1.42. The predicted molar refractivity (Wildman–Crippen MR) is 67.9 cm³/mol. The standard InChI is InChI=1S/C13H18N2O4/c1-8(2)14-5-3-4-10(14)12(17)15-7-9(16)6-11(15)13(18)19/h3-5,8-9,11,16H,6-7H2,1-2H3,(H,18,19)/t9-,11-/m1/s1. The number of aromatic nitrogens is 1. The fourth-order valence-corrected chi connectivity index (χ4v) is 2.44. The number of amides is 1. The Kier molecular flexibility index (Phi) is 3.61. The number of likely N-dealkylation sites (tertiary alicyclic amines) is 1. The molecule has 0 bridgehead atoms. The minimum atomic E-state index is -1.08. The lowest BCUT2D eigenvalue weighted by Gasteiger charge is -2.22. The van der Waals surface area contributed by atoms with Crippen LogP contribution in [0.4, 0.5) is 0 Å². The third-order valence-electron chi connectivity index (χ3n) is 3.38. The Morgan fingerprint density at radius 2 is 2.11 bits per heavy atom. The summed E-state index contributed by atoms with van der Waals surface area (Å²) in [6.45, 7) is 3.97. The lowest BCUT2D eigenvalue weighted by atomic mass is 10.2. The van der Waals surface area contributed by atoms with Gasteiger partial charge in [-0.2, -0.15) is 0 Å². The van der Waals surface area contributed by atoms with E-state index in [1.807, 2.05) is 13.8 Å². The molecule has 2 atom stereocenters. The first kappa shape index (κ1) is 13.6.